The Morgan fingerprint density at radius 3 is 2.60 bits per heavy atom. The highest BCUT2D eigenvalue weighted by Gasteiger charge is 2.33. The molecule has 0 saturated carbocycles. The Bertz CT molecular complexity index is 483. The average Bonchev–Trinajstić information content (AvgIpc) is 2.89. The van der Waals surface area contributed by atoms with Crippen molar-refractivity contribution in [2.45, 2.75) is 32.2 Å². The summed E-state index contributed by atoms with van der Waals surface area (Å²) in [7, 11) is 0. The summed E-state index contributed by atoms with van der Waals surface area (Å²) in [6.45, 7) is 2.95. The van der Waals surface area contributed by atoms with Gasteiger partial charge in [-0.05, 0) is 25.5 Å². The summed E-state index contributed by atoms with van der Waals surface area (Å²) in [6.07, 6.45) is 2.26. The highest BCUT2D eigenvalue weighted by molar-refractivity contribution is 5.95. The number of hydrogen-bond acceptors (Lipinski definition) is 4. The molecular weight excluding hydrogens is 264 g/mol. The first-order chi connectivity index (χ1) is 9.39. The van der Waals surface area contributed by atoms with E-state index in [1.165, 1.54) is 19.3 Å². The van der Waals surface area contributed by atoms with Crippen LogP contribution in [-0.2, 0) is 9.59 Å². The molecule has 20 heavy (non-hydrogen) atoms. The van der Waals surface area contributed by atoms with Gasteiger partial charge in [0.15, 0.2) is 5.76 Å². The molecule has 0 spiro atoms. The van der Waals surface area contributed by atoms with E-state index in [9.17, 15) is 14.4 Å². The predicted molar refractivity (Wildman–Crippen MR) is 70.1 cm³/mol. The van der Waals surface area contributed by atoms with Crippen LogP contribution in [0.1, 0.15) is 37.2 Å². The predicted octanol–water partition coefficient (Wildman–Crippen LogP) is 0.769. The van der Waals surface area contributed by atoms with Crippen molar-refractivity contribution >= 4 is 17.8 Å². The van der Waals surface area contributed by atoms with Gasteiger partial charge in [-0.1, -0.05) is 13.3 Å². The van der Waals surface area contributed by atoms with Crippen molar-refractivity contribution in [3.63, 3.8) is 0 Å². The van der Waals surface area contributed by atoms with Crippen molar-refractivity contribution in [2.24, 2.45) is 0 Å². The number of carbonyl (C=O) groups excluding carboxylic acids is 2. The monoisotopic (exact) mass is 282 g/mol. The number of hydrogen-bond donors (Lipinski definition) is 3. The fourth-order valence-corrected chi connectivity index (χ4v) is 1.73. The summed E-state index contributed by atoms with van der Waals surface area (Å²) in [5.74, 6) is -2.11. The summed E-state index contributed by atoms with van der Waals surface area (Å²) in [5, 5.41) is 13.9. The number of carboxylic acid groups (broad SMARTS) is 1. The molecule has 0 aliphatic carbocycles. The maximum Gasteiger partial charge on any atom is 0.329 e. The number of carbonyl (C=O) groups is 3. The first-order valence-corrected chi connectivity index (χ1v) is 6.25. The number of amides is 2. The Kier molecular flexibility index (Phi) is 5.31. The molecule has 2 amide bonds. The molecule has 0 radical (unpaired) electrons. The van der Waals surface area contributed by atoms with Gasteiger partial charge >= 0.3 is 5.97 Å². The number of rotatable bonds is 7. The van der Waals surface area contributed by atoms with Crippen molar-refractivity contribution < 1.29 is 23.9 Å². The standard InChI is InChI=1S/C13H18N2O5/c1-3-6-13(2,12(18)19)15-10(16)8-14-11(17)9-5-4-7-20-9/h4-5,7H,3,6,8H2,1-2H3,(H,14,17)(H,15,16)(H,18,19). The molecular formula is C13H18N2O5. The summed E-state index contributed by atoms with van der Waals surface area (Å²) in [6, 6.07) is 3.02. The van der Waals surface area contributed by atoms with E-state index in [2.05, 4.69) is 10.6 Å². The largest absolute Gasteiger partial charge is 0.480 e. The molecule has 0 saturated heterocycles. The Morgan fingerprint density at radius 2 is 2.10 bits per heavy atom. The van der Waals surface area contributed by atoms with Gasteiger partial charge < -0.3 is 20.2 Å². The SMILES string of the molecule is CCCC(C)(NC(=O)CNC(=O)c1ccco1)C(=O)O. The molecule has 110 valence electrons. The minimum Gasteiger partial charge on any atom is -0.480 e. The first-order valence-electron chi connectivity index (χ1n) is 6.25. The van der Waals surface area contributed by atoms with Crippen LogP contribution in [0.5, 0.6) is 0 Å². The number of furan rings is 1. The van der Waals surface area contributed by atoms with Gasteiger partial charge in [-0.15, -0.1) is 0 Å². The molecule has 0 aromatic carbocycles. The Morgan fingerprint density at radius 1 is 1.40 bits per heavy atom. The Hall–Kier alpha value is -2.31. The van der Waals surface area contributed by atoms with E-state index in [0.717, 1.165) is 0 Å². The third-order valence-electron chi connectivity index (χ3n) is 2.79. The zero-order chi connectivity index (χ0) is 15.2. The van der Waals surface area contributed by atoms with Crippen molar-refractivity contribution in [3.8, 4) is 0 Å². The molecule has 1 unspecified atom stereocenters. The van der Waals surface area contributed by atoms with Gasteiger partial charge in [0.1, 0.15) is 5.54 Å². The van der Waals surface area contributed by atoms with Crippen LogP contribution < -0.4 is 10.6 Å². The number of carboxylic acids is 1. The quantitative estimate of drug-likeness (QED) is 0.684. The summed E-state index contributed by atoms with van der Waals surface area (Å²) in [4.78, 5) is 34.4. The molecule has 3 N–H and O–H groups in total. The molecule has 0 fully saturated rings. The topological polar surface area (TPSA) is 109 Å². The Balaban J connectivity index is 2.50. The molecule has 1 heterocycles. The van der Waals surface area contributed by atoms with E-state index in [-0.39, 0.29) is 12.3 Å². The summed E-state index contributed by atoms with van der Waals surface area (Å²) >= 11 is 0. The lowest BCUT2D eigenvalue weighted by Crippen LogP contribution is -2.54. The number of aliphatic carboxylic acids is 1. The van der Waals surface area contributed by atoms with Crippen molar-refractivity contribution in [1.82, 2.24) is 10.6 Å². The molecule has 0 aliphatic heterocycles. The minimum atomic E-state index is -1.33. The minimum absolute atomic E-state index is 0.0901. The van der Waals surface area contributed by atoms with Gasteiger partial charge in [0.05, 0.1) is 12.8 Å². The molecule has 1 aromatic heterocycles. The van der Waals surface area contributed by atoms with E-state index in [0.29, 0.717) is 12.8 Å². The molecule has 7 nitrogen and oxygen atoms in total. The van der Waals surface area contributed by atoms with Gasteiger partial charge in [-0.2, -0.15) is 0 Å². The second-order valence-corrected chi connectivity index (χ2v) is 4.60. The summed E-state index contributed by atoms with van der Waals surface area (Å²) in [5.41, 5.74) is -1.33. The zero-order valence-corrected chi connectivity index (χ0v) is 11.4. The summed E-state index contributed by atoms with van der Waals surface area (Å²) < 4.78 is 4.87. The van der Waals surface area contributed by atoms with Crippen molar-refractivity contribution in [2.75, 3.05) is 6.54 Å². The first kappa shape index (κ1) is 15.7. The molecule has 0 aliphatic rings. The second kappa shape index (κ2) is 6.74. The van der Waals surface area contributed by atoms with Crippen LogP contribution in [0, 0.1) is 0 Å². The maximum atomic E-state index is 11.7. The van der Waals surface area contributed by atoms with E-state index in [1.807, 2.05) is 6.92 Å². The lowest BCUT2D eigenvalue weighted by atomic mass is 9.96. The van der Waals surface area contributed by atoms with Gasteiger partial charge in [-0.25, -0.2) is 4.79 Å². The molecule has 1 aromatic rings. The molecule has 0 bridgehead atoms. The number of nitrogens with one attached hydrogen (secondary N) is 2. The van der Waals surface area contributed by atoms with Crippen LogP contribution in [0.3, 0.4) is 0 Å². The third-order valence-corrected chi connectivity index (χ3v) is 2.79. The van der Waals surface area contributed by atoms with Crippen molar-refractivity contribution in [3.05, 3.63) is 24.2 Å². The second-order valence-electron chi connectivity index (χ2n) is 4.60. The smallest absolute Gasteiger partial charge is 0.329 e. The maximum absolute atomic E-state index is 11.7. The zero-order valence-electron chi connectivity index (χ0n) is 11.4. The molecule has 7 heteroatoms. The fraction of sp³-hybridized carbons (Fsp3) is 0.462. The van der Waals surface area contributed by atoms with E-state index < -0.39 is 23.3 Å². The molecule has 1 atom stereocenters. The Labute approximate surface area is 116 Å². The fourth-order valence-electron chi connectivity index (χ4n) is 1.73. The van der Waals surface area contributed by atoms with Crippen LogP contribution in [0.4, 0.5) is 0 Å². The van der Waals surface area contributed by atoms with Crippen LogP contribution in [0.15, 0.2) is 22.8 Å². The van der Waals surface area contributed by atoms with Crippen LogP contribution in [0.25, 0.3) is 0 Å². The van der Waals surface area contributed by atoms with Gasteiger partial charge in [-0.3, -0.25) is 9.59 Å². The van der Waals surface area contributed by atoms with Crippen LogP contribution in [0.2, 0.25) is 0 Å². The van der Waals surface area contributed by atoms with E-state index in [4.69, 9.17) is 9.52 Å². The average molecular weight is 282 g/mol. The van der Waals surface area contributed by atoms with Gasteiger partial charge in [0.2, 0.25) is 5.91 Å². The normalized spacial score (nSPS) is 13.3. The highest BCUT2D eigenvalue weighted by atomic mass is 16.4. The van der Waals surface area contributed by atoms with Crippen LogP contribution in [-0.4, -0.2) is 35.0 Å². The van der Waals surface area contributed by atoms with Gasteiger partial charge in [0.25, 0.3) is 5.91 Å². The molecule has 1 rings (SSSR count). The van der Waals surface area contributed by atoms with Gasteiger partial charge in [0, 0.05) is 0 Å². The van der Waals surface area contributed by atoms with Crippen molar-refractivity contribution in [1.29, 1.82) is 0 Å². The van der Waals surface area contributed by atoms with E-state index in [1.54, 1.807) is 6.07 Å². The lowest BCUT2D eigenvalue weighted by molar-refractivity contribution is -0.147. The van der Waals surface area contributed by atoms with E-state index >= 15 is 0 Å². The van der Waals surface area contributed by atoms with Crippen LogP contribution >= 0.6 is 0 Å². The highest BCUT2D eigenvalue weighted by Crippen LogP contribution is 2.12. The lowest BCUT2D eigenvalue weighted by Gasteiger charge is -2.25. The third kappa shape index (κ3) is 4.11.